The first-order chi connectivity index (χ1) is 8.63. The standard InChI is InChI=1S/C14H21FN2O/c1-10-3-5-12(6-4-10)17(2)14-13(15)11(9-18)7-8-16-14/h7-8,10,12,18H,3-6,9H2,1-2H3. The van der Waals surface area contributed by atoms with Gasteiger partial charge in [0.1, 0.15) is 0 Å². The zero-order valence-corrected chi connectivity index (χ0v) is 11.1. The molecule has 3 nitrogen and oxygen atoms in total. The number of anilines is 1. The largest absolute Gasteiger partial charge is 0.392 e. The summed E-state index contributed by atoms with van der Waals surface area (Å²) >= 11 is 0. The molecule has 0 unspecified atom stereocenters. The number of nitrogens with zero attached hydrogens (tertiary/aromatic N) is 2. The van der Waals surface area contributed by atoms with Crippen LogP contribution in [0.1, 0.15) is 38.2 Å². The molecule has 0 spiro atoms. The highest BCUT2D eigenvalue weighted by molar-refractivity contribution is 5.43. The zero-order chi connectivity index (χ0) is 13.1. The predicted octanol–water partition coefficient (Wildman–Crippen LogP) is 2.73. The van der Waals surface area contributed by atoms with E-state index in [0.717, 1.165) is 18.8 Å². The van der Waals surface area contributed by atoms with Crippen LogP contribution in [0, 0.1) is 11.7 Å². The van der Waals surface area contributed by atoms with Gasteiger partial charge in [-0.15, -0.1) is 0 Å². The lowest BCUT2D eigenvalue weighted by molar-refractivity contribution is 0.275. The molecule has 0 radical (unpaired) electrons. The van der Waals surface area contributed by atoms with Crippen molar-refractivity contribution in [1.82, 2.24) is 4.98 Å². The summed E-state index contributed by atoms with van der Waals surface area (Å²) < 4.78 is 14.1. The summed E-state index contributed by atoms with van der Waals surface area (Å²) in [7, 11) is 1.90. The lowest BCUT2D eigenvalue weighted by atomic mass is 9.87. The average Bonchev–Trinajstić information content (AvgIpc) is 2.39. The van der Waals surface area contributed by atoms with Crippen molar-refractivity contribution < 1.29 is 9.50 Å². The molecule has 100 valence electrons. The van der Waals surface area contributed by atoms with Gasteiger partial charge in [0.25, 0.3) is 0 Å². The normalized spacial score (nSPS) is 24.0. The van der Waals surface area contributed by atoms with Gasteiger partial charge in [0.05, 0.1) is 6.61 Å². The Hall–Kier alpha value is -1.16. The van der Waals surface area contributed by atoms with Gasteiger partial charge in [0.15, 0.2) is 11.6 Å². The average molecular weight is 252 g/mol. The highest BCUT2D eigenvalue weighted by Gasteiger charge is 2.24. The van der Waals surface area contributed by atoms with E-state index in [1.807, 2.05) is 11.9 Å². The van der Waals surface area contributed by atoms with Crippen LogP contribution in [0.3, 0.4) is 0 Å². The van der Waals surface area contributed by atoms with Crippen LogP contribution >= 0.6 is 0 Å². The molecule has 0 aromatic carbocycles. The van der Waals surface area contributed by atoms with Gasteiger partial charge < -0.3 is 10.0 Å². The minimum Gasteiger partial charge on any atom is -0.392 e. The van der Waals surface area contributed by atoms with Crippen molar-refractivity contribution in [3.63, 3.8) is 0 Å². The highest BCUT2D eigenvalue weighted by atomic mass is 19.1. The van der Waals surface area contributed by atoms with Gasteiger partial charge in [-0.1, -0.05) is 6.92 Å². The fourth-order valence-electron chi connectivity index (χ4n) is 2.64. The van der Waals surface area contributed by atoms with Gasteiger partial charge in [-0.3, -0.25) is 0 Å². The van der Waals surface area contributed by atoms with Crippen molar-refractivity contribution in [2.75, 3.05) is 11.9 Å². The number of hydrogen-bond donors (Lipinski definition) is 1. The van der Waals surface area contributed by atoms with Crippen LogP contribution in [0.25, 0.3) is 0 Å². The van der Waals surface area contributed by atoms with Crippen molar-refractivity contribution in [1.29, 1.82) is 0 Å². The molecule has 4 heteroatoms. The summed E-state index contributed by atoms with van der Waals surface area (Å²) in [4.78, 5) is 6.05. The SMILES string of the molecule is CC1CCC(N(C)c2nccc(CO)c2F)CC1. The fraction of sp³-hybridized carbons (Fsp3) is 0.643. The van der Waals surface area contributed by atoms with E-state index in [2.05, 4.69) is 11.9 Å². The minimum atomic E-state index is -0.388. The van der Waals surface area contributed by atoms with Crippen LogP contribution < -0.4 is 4.90 Å². The number of rotatable bonds is 3. The number of aliphatic hydroxyl groups excluding tert-OH is 1. The van der Waals surface area contributed by atoms with E-state index in [1.54, 1.807) is 6.20 Å². The molecule has 18 heavy (non-hydrogen) atoms. The number of halogens is 1. The van der Waals surface area contributed by atoms with Gasteiger partial charge in [-0.2, -0.15) is 0 Å². The molecule has 1 aromatic rings. The van der Waals surface area contributed by atoms with Gasteiger partial charge in [-0.05, 0) is 37.7 Å². The maximum Gasteiger partial charge on any atom is 0.171 e. The Labute approximate surface area is 108 Å². The molecule has 1 N–H and O–H groups in total. The Bertz CT molecular complexity index is 403. The molecule has 0 saturated heterocycles. The Morgan fingerprint density at radius 3 is 2.67 bits per heavy atom. The number of pyridine rings is 1. The van der Waals surface area contributed by atoms with E-state index in [4.69, 9.17) is 5.11 Å². The molecule has 1 saturated carbocycles. The lowest BCUT2D eigenvalue weighted by Gasteiger charge is -2.34. The van der Waals surface area contributed by atoms with Crippen LogP contribution in [0.15, 0.2) is 12.3 Å². The second-order valence-electron chi connectivity index (χ2n) is 5.29. The molecule has 0 atom stereocenters. The Balaban J connectivity index is 2.15. The second kappa shape index (κ2) is 5.65. The molecule has 0 bridgehead atoms. The van der Waals surface area contributed by atoms with Crippen molar-refractivity contribution in [3.8, 4) is 0 Å². The summed E-state index contributed by atoms with van der Waals surface area (Å²) in [5.74, 6) is 0.749. The molecule has 1 heterocycles. The summed E-state index contributed by atoms with van der Waals surface area (Å²) in [6, 6.07) is 1.88. The Morgan fingerprint density at radius 2 is 2.06 bits per heavy atom. The molecule has 1 aliphatic rings. The molecule has 1 aromatic heterocycles. The summed E-state index contributed by atoms with van der Waals surface area (Å²) in [6.07, 6.45) is 6.11. The van der Waals surface area contributed by atoms with Crippen molar-refractivity contribution in [2.45, 2.75) is 45.3 Å². The van der Waals surface area contributed by atoms with Crippen molar-refractivity contribution in [3.05, 3.63) is 23.6 Å². The molecule has 1 aliphatic carbocycles. The van der Waals surface area contributed by atoms with E-state index < -0.39 is 0 Å². The van der Waals surface area contributed by atoms with E-state index in [1.165, 1.54) is 18.9 Å². The van der Waals surface area contributed by atoms with Gasteiger partial charge >= 0.3 is 0 Å². The molecule has 1 fully saturated rings. The minimum absolute atomic E-state index is 0.281. The molecule has 2 rings (SSSR count). The smallest absolute Gasteiger partial charge is 0.171 e. The van der Waals surface area contributed by atoms with Crippen LogP contribution in [0.4, 0.5) is 10.2 Å². The summed E-state index contributed by atoms with van der Waals surface area (Å²) in [6.45, 7) is 1.98. The third kappa shape index (κ3) is 2.64. The van der Waals surface area contributed by atoms with E-state index in [9.17, 15) is 4.39 Å². The first kappa shape index (κ1) is 13.3. The lowest BCUT2D eigenvalue weighted by Crippen LogP contribution is -2.36. The first-order valence-corrected chi connectivity index (χ1v) is 6.60. The van der Waals surface area contributed by atoms with Crippen LogP contribution in [0.2, 0.25) is 0 Å². The van der Waals surface area contributed by atoms with Crippen LogP contribution in [-0.2, 0) is 6.61 Å². The number of aliphatic hydroxyl groups is 1. The van der Waals surface area contributed by atoms with Gasteiger partial charge in [-0.25, -0.2) is 9.37 Å². The zero-order valence-electron chi connectivity index (χ0n) is 11.1. The number of hydrogen-bond acceptors (Lipinski definition) is 3. The van der Waals surface area contributed by atoms with E-state index in [0.29, 0.717) is 17.4 Å². The predicted molar refractivity (Wildman–Crippen MR) is 69.9 cm³/mol. The van der Waals surface area contributed by atoms with Crippen molar-refractivity contribution >= 4 is 5.82 Å². The maximum absolute atomic E-state index is 14.1. The van der Waals surface area contributed by atoms with Crippen LogP contribution in [-0.4, -0.2) is 23.2 Å². The molecular formula is C14H21FN2O. The first-order valence-electron chi connectivity index (χ1n) is 6.60. The third-order valence-corrected chi connectivity index (χ3v) is 3.99. The third-order valence-electron chi connectivity index (χ3n) is 3.99. The quantitative estimate of drug-likeness (QED) is 0.898. The Morgan fingerprint density at radius 1 is 1.39 bits per heavy atom. The van der Waals surface area contributed by atoms with Gasteiger partial charge in [0, 0.05) is 24.8 Å². The molecule has 0 amide bonds. The maximum atomic E-state index is 14.1. The molecular weight excluding hydrogens is 231 g/mol. The van der Waals surface area contributed by atoms with E-state index in [-0.39, 0.29) is 12.4 Å². The summed E-state index contributed by atoms with van der Waals surface area (Å²) in [5, 5.41) is 9.08. The molecule has 0 aliphatic heterocycles. The van der Waals surface area contributed by atoms with Crippen LogP contribution in [0.5, 0.6) is 0 Å². The van der Waals surface area contributed by atoms with Gasteiger partial charge in [0.2, 0.25) is 0 Å². The highest BCUT2D eigenvalue weighted by Crippen LogP contribution is 2.30. The second-order valence-corrected chi connectivity index (χ2v) is 5.29. The number of aromatic nitrogens is 1. The van der Waals surface area contributed by atoms with Crippen molar-refractivity contribution in [2.24, 2.45) is 5.92 Å². The fourth-order valence-corrected chi connectivity index (χ4v) is 2.64. The van der Waals surface area contributed by atoms with E-state index >= 15 is 0 Å². The Kier molecular flexibility index (Phi) is 4.17. The topological polar surface area (TPSA) is 36.4 Å². The summed E-state index contributed by atoms with van der Waals surface area (Å²) in [5.41, 5.74) is 0.316. The monoisotopic (exact) mass is 252 g/mol.